The lowest BCUT2D eigenvalue weighted by atomic mass is 10.2. The summed E-state index contributed by atoms with van der Waals surface area (Å²) < 4.78 is 66.4. The molecule has 0 radical (unpaired) electrons. The molecular weight excluding hydrogens is 377 g/mol. The maximum atomic E-state index is 13.9. The first kappa shape index (κ1) is 18.0. The number of hydrogen-bond donors (Lipinski definition) is 0. The lowest BCUT2D eigenvalue weighted by Crippen LogP contribution is -2.49. The highest BCUT2D eigenvalue weighted by atomic mass is 35.5. The van der Waals surface area contributed by atoms with Crippen LogP contribution in [0.1, 0.15) is 0 Å². The predicted molar refractivity (Wildman–Crippen MR) is 88.7 cm³/mol. The highest BCUT2D eigenvalue weighted by Gasteiger charge is 2.32. The van der Waals surface area contributed by atoms with Gasteiger partial charge in [0.15, 0.2) is 17.5 Å². The number of anilines is 1. The van der Waals surface area contributed by atoms with Gasteiger partial charge in [0.1, 0.15) is 4.90 Å². The molecule has 2 aromatic rings. The SMILES string of the molecule is O=S(=O)(c1ccc(F)c(F)c1F)N1CCN(c2ccccc2Cl)CC1. The van der Waals surface area contributed by atoms with E-state index in [0.717, 1.165) is 16.1 Å². The summed E-state index contributed by atoms with van der Waals surface area (Å²) in [4.78, 5) is 1.05. The molecule has 1 aliphatic heterocycles. The topological polar surface area (TPSA) is 40.6 Å². The number of sulfonamides is 1. The molecule has 0 aromatic heterocycles. The van der Waals surface area contributed by atoms with E-state index in [4.69, 9.17) is 11.6 Å². The monoisotopic (exact) mass is 390 g/mol. The Bertz CT molecular complexity index is 900. The van der Waals surface area contributed by atoms with Gasteiger partial charge in [-0.25, -0.2) is 21.6 Å². The molecule has 1 aliphatic rings. The zero-order valence-electron chi connectivity index (χ0n) is 12.9. The lowest BCUT2D eigenvalue weighted by Gasteiger charge is -2.35. The van der Waals surface area contributed by atoms with E-state index < -0.39 is 32.4 Å². The zero-order valence-corrected chi connectivity index (χ0v) is 14.5. The number of benzene rings is 2. The quantitative estimate of drug-likeness (QED) is 0.755. The summed E-state index contributed by atoms with van der Waals surface area (Å²) in [7, 11) is -4.26. The Hall–Kier alpha value is -1.77. The molecule has 4 nitrogen and oxygen atoms in total. The van der Waals surface area contributed by atoms with Gasteiger partial charge in [0.2, 0.25) is 10.0 Å². The molecular formula is C16H14ClF3N2O2S. The van der Waals surface area contributed by atoms with E-state index in [1.165, 1.54) is 0 Å². The fourth-order valence-corrected chi connectivity index (χ4v) is 4.46. The van der Waals surface area contributed by atoms with Crippen molar-refractivity contribution in [3.8, 4) is 0 Å². The molecule has 0 spiro atoms. The van der Waals surface area contributed by atoms with Crippen molar-refractivity contribution in [3.63, 3.8) is 0 Å². The van der Waals surface area contributed by atoms with Crippen molar-refractivity contribution in [2.45, 2.75) is 4.90 Å². The molecule has 1 fully saturated rings. The Labute approximate surface area is 148 Å². The molecule has 134 valence electrons. The molecule has 0 N–H and O–H groups in total. The van der Waals surface area contributed by atoms with Crippen LogP contribution in [0.25, 0.3) is 0 Å². The van der Waals surface area contributed by atoms with Crippen LogP contribution < -0.4 is 4.90 Å². The van der Waals surface area contributed by atoms with Crippen molar-refractivity contribution in [1.29, 1.82) is 0 Å². The molecule has 0 saturated carbocycles. The molecule has 0 amide bonds. The molecule has 3 rings (SSSR count). The third-order valence-corrected chi connectivity index (χ3v) is 6.29. The third kappa shape index (κ3) is 3.33. The summed E-state index contributed by atoms with van der Waals surface area (Å²) in [6.07, 6.45) is 0. The van der Waals surface area contributed by atoms with Crippen LogP contribution in [0.15, 0.2) is 41.3 Å². The van der Waals surface area contributed by atoms with Crippen LogP contribution in [0.2, 0.25) is 5.02 Å². The van der Waals surface area contributed by atoms with Gasteiger partial charge in [0, 0.05) is 26.2 Å². The number of rotatable bonds is 3. The highest BCUT2D eigenvalue weighted by Crippen LogP contribution is 2.28. The van der Waals surface area contributed by atoms with Gasteiger partial charge in [-0.1, -0.05) is 23.7 Å². The Balaban J connectivity index is 1.81. The van der Waals surface area contributed by atoms with E-state index in [0.29, 0.717) is 24.2 Å². The summed E-state index contributed by atoms with van der Waals surface area (Å²) in [5, 5.41) is 0.547. The van der Waals surface area contributed by atoms with E-state index >= 15 is 0 Å². The molecule has 9 heteroatoms. The number of nitrogens with zero attached hydrogens (tertiary/aromatic N) is 2. The summed E-state index contributed by atoms with van der Waals surface area (Å²) in [5.41, 5.74) is 0.778. The molecule has 0 bridgehead atoms. The fourth-order valence-electron chi connectivity index (χ4n) is 2.72. The minimum atomic E-state index is -4.26. The van der Waals surface area contributed by atoms with Crippen molar-refractivity contribution in [1.82, 2.24) is 4.31 Å². The van der Waals surface area contributed by atoms with Gasteiger partial charge in [-0.15, -0.1) is 0 Å². The Kier molecular flexibility index (Phi) is 4.95. The average Bonchev–Trinajstić information content (AvgIpc) is 2.60. The van der Waals surface area contributed by atoms with Gasteiger partial charge in [0.25, 0.3) is 0 Å². The van der Waals surface area contributed by atoms with Crippen molar-refractivity contribution < 1.29 is 21.6 Å². The minimum Gasteiger partial charge on any atom is -0.368 e. The van der Waals surface area contributed by atoms with Gasteiger partial charge < -0.3 is 4.90 Å². The number of halogens is 4. The van der Waals surface area contributed by atoms with Crippen molar-refractivity contribution in [3.05, 3.63) is 58.9 Å². The second-order valence-electron chi connectivity index (χ2n) is 5.52. The van der Waals surface area contributed by atoms with Gasteiger partial charge in [-0.3, -0.25) is 0 Å². The third-order valence-electron chi connectivity index (χ3n) is 4.05. The second kappa shape index (κ2) is 6.86. The van der Waals surface area contributed by atoms with Crippen LogP contribution in [0.3, 0.4) is 0 Å². The Morgan fingerprint density at radius 3 is 2.16 bits per heavy atom. The maximum absolute atomic E-state index is 13.9. The van der Waals surface area contributed by atoms with Crippen LogP contribution in [-0.2, 0) is 10.0 Å². The standard InChI is InChI=1S/C16H14ClF3N2O2S/c17-11-3-1-2-4-13(11)21-7-9-22(10-8-21)25(23,24)14-6-5-12(18)15(19)16(14)20/h1-6H,7-10H2. The molecule has 0 atom stereocenters. The van der Waals surface area contributed by atoms with Gasteiger partial charge >= 0.3 is 0 Å². The molecule has 0 unspecified atom stereocenters. The van der Waals surface area contributed by atoms with Crippen LogP contribution >= 0.6 is 11.6 Å². The molecule has 25 heavy (non-hydrogen) atoms. The zero-order chi connectivity index (χ0) is 18.2. The van der Waals surface area contributed by atoms with Crippen molar-refractivity contribution in [2.24, 2.45) is 0 Å². The minimum absolute atomic E-state index is 0.0754. The van der Waals surface area contributed by atoms with Gasteiger partial charge in [-0.05, 0) is 24.3 Å². The van der Waals surface area contributed by atoms with Crippen LogP contribution in [-0.4, -0.2) is 38.9 Å². The average molecular weight is 391 g/mol. The van der Waals surface area contributed by atoms with E-state index in [1.807, 2.05) is 17.0 Å². The number of para-hydroxylation sites is 1. The summed E-state index contributed by atoms with van der Waals surface area (Å²) in [6, 6.07) is 8.51. The first-order valence-corrected chi connectivity index (χ1v) is 9.27. The molecule has 0 aliphatic carbocycles. The first-order chi connectivity index (χ1) is 11.8. The van der Waals surface area contributed by atoms with E-state index in [-0.39, 0.29) is 13.1 Å². The van der Waals surface area contributed by atoms with Crippen LogP contribution in [0.5, 0.6) is 0 Å². The van der Waals surface area contributed by atoms with Gasteiger partial charge in [-0.2, -0.15) is 4.31 Å². The van der Waals surface area contributed by atoms with E-state index in [1.54, 1.807) is 12.1 Å². The summed E-state index contributed by atoms with van der Waals surface area (Å²) >= 11 is 6.13. The second-order valence-corrected chi connectivity index (χ2v) is 7.83. The number of piperazine rings is 1. The van der Waals surface area contributed by atoms with Gasteiger partial charge in [0.05, 0.1) is 10.7 Å². The van der Waals surface area contributed by atoms with E-state index in [2.05, 4.69) is 0 Å². The Morgan fingerprint density at radius 1 is 0.880 bits per heavy atom. The smallest absolute Gasteiger partial charge is 0.246 e. The van der Waals surface area contributed by atoms with Crippen molar-refractivity contribution in [2.75, 3.05) is 31.1 Å². The molecule has 2 aromatic carbocycles. The maximum Gasteiger partial charge on any atom is 0.246 e. The summed E-state index contributed by atoms with van der Waals surface area (Å²) in [5.74, 6) is -4.93. The largest absolute Gasteiger partial charge is 0.368 e. The first-order valence-electron chi connectivity index (χ1n) is 7.45. The fraction of sp³-hybridized carbons (Fsp3) is 0.250. The Morgan fingerprint density at radius 2 is 1.52 bits per heavy atom. The predicted octanol–water partition coefficient (Wildman–Crippen LogP) is 3.27. The molecule has 1 saturated heterocycles. The normalized spacial score (nSPS) is 16.2. The number of hydrogen-bond acceptors (Lipinski definition) is 3. The van der Waals surface area contributed by atoms with Crippen LogP contribution in [0.4, 0.5) is 18.9 Å². The highest BCUT2D eigenvalue weighted by molar-refractivity contribution is 7.89. The summed E-state index contributed by atoms with van der Waals surface area (Å²) in [6.45, 7) is 0.834. The van der Waals surface area contributed by atoms with Crippen molar-refractivity contribution >= 4 is 27.3 Å². The molecule has 1 heterocycles. The lowest BCUT2D eigenvalue weighted by molar-refractivity contribution is 0.377. The van der Waals surface area contributed by atoms with Crippen LogP contribution in [0, 0.1) is 17.5 Å². The van der Waals surface area contributed by atoms with E-state index in [9.17, 15) is 21.6 Å².